The van der Waals surface area contributed by atoms with Gasteiger partial charge >= 0.3 is 0 Å². The fourth-order valence-electron chi connectivity index (χ4n) is 1.99. The van der Waals surface area contributed by atoms with E-state index < -0.39 is 0 Å². The van der Waals surface area contributed by atoms with Gasteiger partial charge in [-0.3, -0.25) is 4.79 Å². The number of rotatable bonds is 4. The summed E-state index contributed by atoms with van der Waals surface area (Å²) in [4.78, 5) is 14.1. The standard InChI is InChI=1S/C16H18N2O3/c1-18(12-5-7-13(20-2)8-6-12)16(19)14-9-4-11(17)10-15(14)21-3/h4-10H,17H2,1-3H3. The van der Waals surface area contributed by atoms with E-state index in [1.165, 1.54) is 7.11 Å². The molecule has 21 heavy (non-hydrogen) atoms. The van der Waals surface area contributed by atoms with Crippen LogP contribution < -0.4 is 20.1 Å². The van der Waals surface area contributed by atoms with Gasteiger partial charge in [0.1, 0.15) is 11.5 Å². The van der Waals surface area contributed by atoms with Crippen LogP contribution in [0.1, 0.15) is 10.4 Å². The van der Waals surface area contributed by atoms with E-state index in [9.17, 15) is 4.79 Å². The topological polar surface area (TPSA) is 64.8 Å². The second-order valence-corrected chi connectivity index (χ2v) is 4.52. The van der Waals surface area contributed by atoms with Crippen molar-refractivity contribution < 1.29 is 14.3 Å². The predicted molar refractivity (Wildman–Crippen MR) is 83.1 cm³/mol. The molecule has 2 rings (SSSR count). The molecule has 2 N–H and O–H groups in total. The van der Waals surface area contributed by atoms with E-state index >= 15 is 0 Å². The summed E-state index contributed by atoms with van der Waals surface area (Å²) in [5, 5.41) is 0. The van der Waals surface area contributed by atoms with Gasteiger partial charge < -0.3 is 20.1 Å². The highest BCUT2D eigenvalue weighted by Crippen LogP contribution is 2.25. The van der Waals surface area contributed by atoms with Crippen molar-refractivity contribution in [3.8, 4) is 11.5 Å². The first kappa shape index (κ1) is 14.7. The number of anilines is 2. The van der Waals surface area contributed by atoms with Crippen molar-refractivity contribution in [3.63, 3.8) is 0 Å². The van der Waals surface area contributed by atoms with Gasteiger partial charge in [-0.25, -0.2) is 0 Å². The van der Waals surface area contributed by atoms with Crippen molar-refractivity contribution in [2.45, 2.75) is 0 Å². The van der Waals surface area contributed by atoms with Crippen molar-refractivity contribution in [2.24, 2.45) is 0 Å². The summed E-state index contributed by atoms with van der Waals surface area (Å²) in [6.07, 6.45) is 0. The average molecular weight is 286 g/mol. The van der Waals surface area contributed by atoms with Crippen molar-refractivity contribution in [3.05, 3.63) is 48.0 Å². The lowest BCUT2D eigenvalue weighted by Crippen LogP contribution is -2.26. The third-order valence-corrected chi connectivity index (χ3v) is 3.22. The number of carbonyl (C=O) groups excluding carboxylic acids is 1. The third-order valence-electron chi connectivity index (χ3n) is 3.22. The predicted octanol–water partition coefficient (Wildman–Crippen LogP) is 2.56. The Morgan fingerprint density at radius 2 is 1.71 bits per heavy atom. The molecule has 0 fully saturated rings. The van der Waals surface area contributed by atoms with Gasteiger partial charge in [0.15, 0.2) is 0 Å². The normalized spacial score (nSPS) is 10.0. The Kier molecular flexibility index (Phi) is 4.33. The minimum absolute atomic E-state index is 0.169. The average Bonchev–Trinajstić information content (AvgIpc) is 2.53. The maximum atomic E-state index is 12.6. The molecule has 0 spiro atoms. The number of hydrogen-bond acceptors (Lipinski definition) is 4. The quantitative estimate of drug-likeness (QED) is 0.877. The molecular weight excluding hydrogens is 268 g/mol. The molecule has 0 saturated heterocycles. The first-order valence-corrected chi connectivity index (χ1v) is 6.42. The number of amides is 1. The molecule has 0 heterocycles. The van der Waals surface area contributed by atoms with Crippen LogP contribution >= 0.6 is 0 Å². The molecule has 110 valence electrons. The van der Waals surface area contributed by atoms with Gasteiger partial charge in [0.05, 0.1) is 19.8 Å². The van der Waals surface area contributed by atoms with Crippen molar-refractivity contribution in [1.82, 2.24) is 0 Å². The number of ether oxygens (including phenoxy) is 2. The van der Waals surface area contributed by atoms with E-state index in [0.29, 0.717) is 17.0 Å². The lowest BCUT2D eigenvalue weighted by atomic mass is 10.1. The first-order chi connectivity index (χ1) is 10.1. The Balaban J connectivity index is 2.30. The van der Waals surface area contributed by atoms with Gasteiger partial charge in [-0.15, -0.1) is 0 Å². The van der Waals surface area contributed by atoms with Crippen LogP contribution in [0.2, 0.25) is 0 Å². The molecule has 0 aromatic heterocycles. The fraction of sp³-hybridized carbons (Fsp3) is 0.188. The first-order valence-electron chi connectivity index (χ1n) is 6.42. The third kappa shape index (κ3) is 3.08. The lowest BCUT2D eigenvalue weighted by Gasteiger charge is -2.19. The largest absolute Gasteiger partial charge is 0.497 e. The van der Waals surface area contributed by atoms with E-state index in [0.717, 1.165) is 11.4 Å². The number of nitrogens with zero attached hydrogens (tertiary/aromatic N) is 1. The summed E-state index contributed by atoms with van der Waals surface area (Å²) in [6, 6.07) is 12.2. The Morgan fingerprint density at radius 1 is 1.05 bits per heavy atom. The van der Waals surface area contributed by atoms with Crippen LogP contribution in [0, 0.1) is 0 Å². The fourth-order valence-corrected chi connectivity index (χ4v) is 1.99. The Hall–Kier alpha value is -2.69. The number of methoxy groups -OCH3 is 2. The molecule has 0 aliphatic carbocycles. The van der Waals surface area contributed by atoms with Crippen LogP contribution in [0.3, 0.4) is 0 Å². The zero-order valence-corrected chi connectivity index (χ0v) is 12.3. The molecule has 0 bridgehead atoms. The SMILES string of the molecule is COc1ccc(N(C)C(=O)c2ccc(N)cc2OC)cc1. The molecule has 5 heteroatoms. The molecule has 0 unspecified atom stereocenters. The van der Waals surface area contributed by atoms with E-state index in [4.69, 9.17) is 15.2 Å². The molecule has 0 radical (unpaired) electrons. The second-order valence-electron chi connectivity index (χ2n) is 4.52. The zero-order valence-electron chi connectivity index (χ0n) is 12.3. The monoisotopic (exact) mass is 286 g/mol. The van der Waals surface area contributed by atoms with Crippen LogP contribution in [0.15, 0.2) is 42.5 Å². The highest BCUT2D eigenvalue weighted by molar-refractivity contribution is 6.07. The molecule has 0 saturated carbocycles. The molecule has 2 aromatic rings. The molecule has 1 amide bonds. The number of hydrogen-bond donors (Lipinski definition) is 1. The zero-order chi connectivity index (χ0) is 15.4. The molecule has 5 nitrogen and oxygen atoms in total. The van der Waals surface area contributed by atoms with Gasteiger partial charge in [0.2, 0.25) is 0 Å². The minimum Gasteiger partial charge on any atom is -0.497 e. The van der Waals surface area contributed by atoms with Crippen molar-refractivity contribution >= 4 is 17.3 Å². The Morgan fingerprint density at radius 3 is 2.29 bits per heavy atom. The maximum Gasteiger partial charge on any atom is 0.261 e. The van der Waals surface area contributed by atoms with E-state index in [1.807, 2.05) is 12.1 Å². The highest BCUT2D eigenvalue weighted by atomic mass is 16.5. The molecular formula is C16H18N2O3. The van der Waals surface area contributed by atoms with Crippen molar-refractivity contribution in [2.75, 3.05) is 31.9 Å². The number of benzene rings is 2. The van der Waals surface area contributed by atoms with Gasteiger partial charge in [0, 0.05) is 24.5 Å². The molecule has 0 aliphatic heterocycles. The molecule has 0 atom stereocenters. The van der Waals surface area contributed by atoms with Crippen LogP contribution in [0.25, 0.3) is 0 Å². The summed E-state index contributed by atoms with van der Waals surface area (Å²) < 4.78 is 10.3. The Bertz CT molecular complexity index is 638. The van der Waals surface area contributed by atoms with Crippen molar-refractivity contribution in [1.29, 1.82) is 0 Å². The number of carbonyl (C=O) groups is 1. The number of nitrogens with two attached hydrogens (primary N) is 1. The summed E-state index contributed by atoms with van der Waals surface area (Å²) in [5.74, 6) is 1.03. The summed E-state index contributed by atoms with van der Waals surface area (Å²) in [6.45, 7) is 0. The summed E-state index contributed by atoms with van der Waals surface area (Å²) >= 11 is 0. The van der Waals surface area contributed by atoms with Gasteiger partial charge in [0.25, 0.3) is 5.91 Å². The maximum absolute atomic E-state index is 12.6. The lowest BCUT2D eigenvalue weighted by molar-refractivity contribution is 0.0990. The van der Waals surface area contributed by atoms with Crippen LogP contribution in [0.5, 0.6) is 11.5 Å². The van der Waals surface area contributed by atoms with E-state index in [-0.39, 0.29) is 5.91 Å². The van der Waals surface area contributed by atoms with E-state index in [1.54, 1.807) is 49.4 Å². The number of nitrogen functional groups attached to an aromatic ring is 1. The summed E-state index contributed by atoms with van der Waals surface area (Å²) in [7, 11) is 4.82. The van der Waals surface area contributed by atoms with Crippen LogP contribution in [0.4, 0.5) is 11.4 Å². The summed E-state index contributed by atoms with van der Waals surface area (Å²) in [5.41, 5.74) is 7.48. The Labute approximate surface area is 123 Å². The van der Waals surface area contributed by atoms with Crippen LogP contribution in [-0.2, 0) is 0 Å². The minimum atomic E-state index is -0.169. The molecule has 0 aliphatic rings. The molecule has 2 aromatic carbocycles. The highest BCUT2D eigenvalue weighted by Gasteiger charge is 2.18. The smallest absolute Gasteiger partial charge is 0.261 e. The van der Waals surface area contributed by atoms with Gasteiger partial charge in [-0.1, -0.05) is 0 Å². The second kappa shape index (κ2) is 6.17. The van der Waals surface area contributed by atoms with Crippen LogP contribution in [-0.4, -0.2) is 27.2 Å². The van der Waals surface area contributed by atoms with Gasteiger partial charge in [-0.05, 0) is 36.4 Å². The van der Waals surface area contributed by atoms with E-state index in [2.05, 4.69) is 0 Å². The van der Waals surface area contributed by atoms with Gasteiger partial charge in [-0.2, -0.15) is 0 Å².